The summed E-state index contributed by atoms with van der Waals surface area (Å²) in [6.07, 6.45) is 6.90. The maximum Gasteiger partial charge on any atom is 0.129 e. The fourth-order valence-electron chi connectivity index (χ4n) is 5.16. The van der Waals surface area contributed by atoms with Gasteiger partial charge in [0, 0.05) is 48.2 Å². The molecule has 5 nitrogen and oxygen atoms in total. The smallest absolute Gasteiger partial charge is 0.129 e. The first kappa shape index (κ1) is 22.4. The molecule has 4 atom stereocenters. The summed E-state index contributed by atoms with van der Waals surface area (Å²) in [4.78, 5) is 2.31. The Bertz CT molecular complexity index is 1040. The zero-order chi connectivity index (χ0) is 22.8. The SMILES string of the molecule is C[C@H]1CN(c2ccc(CN3S[C@@H](c4ccccc4)CC[C@@H]3C)c(F)c2)CC[C@@H]1n1cnnc1. The summed E-state index contributed by atoms with van der Waals surface area (Å²) in [6, 6.07) is 17.3. The van der Waals surface area contributed by atoms with Gasteiger partial charge in [0.1, 0.15) is 18.5 Å². The molecule has 0 bridgehead atoms. The van der Waals surface area contributed by atoms with Gasteiger partial charge in [-0.3, -0.25) is 0 Å². The van der Waals surface area contributed by atoms with Crippen molar-refractivity contribution in [3.8, 4) is 0 Å². The van der Waals surface area contributed by atoms with E-state index in [4.69, 9.17) is 0 Å². The average Bonchev–Trinajstić information content (AvgIpc) is 3.37. The van der Waals surface area contributed by atoms with Crippen molar-refractivity contribution in [1.29, 1.82) is 0 Å². The number of hydrogen-bond donors (Lipinski definition) is 0. The Labute approximate surface area is 200 Å². The molecule has 7 heteroatoms. The van der Waals surface area contributed by atoms with Crippen molar-refractivity contribution in [3.05, 3.63) is 78.1 Å². The molecule has 0 unspecified atom stereocenters. The van der Waals surface area contributed by atoms with Crippen LogP contribution in [0.15, 0.2) is 61.2 Å². The van der Waals surface area contributed by atoms with E-state index in [1.54, 1.807) is 18.7 Å². The van der Waals surface area contributed by atoms with Gasteiger partial charge in [0.05, 0.1) is 0 Å². The van der Waals surface area contributed by atoms with Gasteiger partial charge < -0.3 is 9.47 Å². The second-order valence-corrected chi connectivity index (χ2v) is 10.7. The molecule has 33 heavy (non-hydrogen) atoms. The highest BCUT2D eigenvalue weighted by atomic mass is 32.2. The molecule has 0 N–H and O–H groups in total. The molecule has 2 aliphatic heterocycles. The summed E-state index contributed by atoms with van der Waals surface area (Å²) in [6.45, 7) is 6.94. The van der Waals surface area contributed by atoms with Gasteiger partial charge in [-0.25, -0.2) is 8.70 Å². The molecule has 3 heterocycles. The van der Waals surface area contributed by atoms with E-state index in [1.807, 2.05) is 18.0 Å². The predicted molar refractivity (Wildman–Crippen MR) is 132 cm³/mol. The van der Waals surface area contributed by atoms with Crippen LogP contribution in [-0.4, -0.2) is 38.2 Å². The first-order chi connectivity index (χ1) is 16.1. The molecule has 2 aromatic carbocycles. The number of hydrogen-bond acceptors (Lipinski definition) is 5. The Morgan fingerprint density at radius 3 is 2.52 bits per heavy atom. The van der Waals surface area contributed by atoms with Gasteiger partial charge >= 0.3 is 0 Å². The number of aromatic nitrogens is 3. The molecule has 0 saturated carbocycles. The summed E-state index contributed by atoms with van der Waals surface area (Å²) in [5.41, 5.74) is 3.12. The van der Waals surface area contributed by atoms with Crippen molar-refractivity contribution in [3.63, 3.8) is 0 Å². The van der Waals surface area contributed by atoms with E-state index in [9.17, 15) is 0 Å². The van der Waals surface area contributed by atoms with Gasteiger partial charge in [-0.2, -0.15) is 0 Å². The molecule has 2 saturated heterocycles. The van der Waals surface area contributed by atoms with Crippen molar-refractivity contribution in [2.24, 2.45) is 5.92 Å². The van der Waals surface area contributed by atoms with E-state index in [0.29, 0.717) is 29.8 Å². The summed E-state index contributed by atoms with van der Waals surface area (Å²) in [5, 5.41) is 8.34. The monoisotopic (exact) mass is 465 g/mol. The van der Waals surface area contributed by atoms with Crippen molar-refractivity contribution >= 4 is 17.6 Å². The third-order valence-corrected chi connectivity index (χ3v) is 8.70. The van der Waals surface area contributed by atoms with Gasteiger partial charge in [-0.15, -0.1) is 10.2 Å². The Morgan fingerprint density at radius 2 is 1.79 bits per heavy atom. The van der Waals surface area contributed by atoms with Gasteiger partial charge in [0.15, 0.2) is 0 Å². The van der Waals surface area contributed by atoms with Crippen LogP contribution in [0.3, 0.4) is 0 Å². The molecule has 2 fully saturated rings. The minimum atomic E-state index is -0.101. The fourth-order valence-corrected chi connectivity index (χ4v) is 6.54. The molecule has 174 valence electrons. The van der Waals surface area contributed by atoms with Crippen molar-refractivity contribution in [1.82, 2.24) is 19.1 Å². The van der Waals surface area contributed by atoms with E-state index in [2.05, 4.69) is 74.2 Å². The van der Waals surface area contributed by atoms with Crippen molar-refractivity contribution in [2.75, 3.05) is 18.0 Å². The zero-order valence-electron chi connectivity index (χ0n) is 19.3. The van der Waals surface area contributed by atoms with Crippen LogP contribution >= 0.6 is 11.9 Å². The summed E-state index contributed by atoms with van der Waals surface area (Å²) >= 11 is 1.87. The van der Waals surface area contributed by atoms with Gasteiger partial charge in [-0.1, -0.05) is 55.3 Å². The number of rotatable bonds is 5. The normalized spacial score (nSPS) is 26.5. The summed E-state index contributed by atoms with van der Waals surface area (Å²) in [5.74, 6) is 0.341. The fraction of sp³-hybridized carbons (Fsp3) is 0.462. The topological polar surface area (TPSA) is 37.2 Å². The highest BCUT2D eigenvalue weighted by Gasteiger charge is 2.30. The highest BCUT2D eigenvalue weighted by molar-refractivity contribution is 7.97. The quantitative estimate of drug-likeness (QED) is 0.440. The lowest BCUT2D eigenvalue weighted by molar-refractivity contribution is 0.296. The van der Waals surface area contributed by atoms with E-state index in [1.165, 1.54) is 5.56 Å². The number of anilines is 1. The Morgan fingerprint density at radius 1 is 1.00 bits per heavy atom. The number of halogens is 1. The Hall–Kier alpha value is -2.38. The standard InChI is InChI=1S/C26H32FN5S/c1-19-15-30(13-12-25(19)31-17-28-29-18-31)23-10-9-22(24(27)14-23)16-32-20(2)8-11-26(33-32)21-6-4-3-5-7-21/h3-7,9-10,14,17-20,25-26H,8,11-13,15-16H2,1-2H3/t19-,20-,25-,26+/m0/s1. The number of benzene rings is 2. The van der Waals surface area contributed by atoms with Gasteiger partial charge in [0.25, 0.3) is 0 Å². The molecule has 0 spiro atoms. The first-order valence-electron chi connectivity index (χ1n) is 11.9. The van der Waals surface area contributed by atoms with Crippen LogP contribution in [0.2, 0.25) is 0 Å². The minimum absolute atomic E-state index is 0.101. The van der Waals surface area contributed by atoms with Gasteiger partial charge in [-0.05, 0) is 49.8 Å². The van der Waals surface area contributed by atoms with Crippen LogP contribution in [-0.2, 0) is 6.54 Å². The molecule has 0 amide bonds. The van der Waals surface area contributed by atoms with Crippen molar-refractivity contribution in [2.45, 2.75) is 57.0 Å². The lowest BCUT2D eigenvalue weighted by atomic mass is 9.93. The molecule has 1 aromatic heterocycles. The molecule has 0 aliphatic carbocycles. The van der Waals surface area contributed by atoms with Crippen LogP contribution in [0.25, 0.3) is 0 Å². The number of nitrogens with zero attached hydrogens (tertiary/aromatic N) is 5. The predicted octanol–water partition coefficient (Wildman–Crippen LogP) is 5.88. The molecule has 5 rings (SSSR count). The minimum Gasteiger partial charge on any atom is -0.371 e. The molecular weight excluding hydrogens is 433 g/mol. The molecule has 0 radical (unpaired) electrons. The maximum atomic E-state index is 15.2. The van der Waals surface area contributed by atoms with Gasteiger partial charge in [0.2, 0.25) is 0 Å². The lowest BCUT2D eigenvalue weighted by Crippen LogP contribution is -2.40. The molecule has 2 aliphatic rings. The van der Waals surface area contributed by atoms with E-state index >= 15 is 4.39 Å². The zero-order valence-corrected chi connectivity index (χ0v) is 20.2. The molecular formula is C26H32FN5S. The number of piperidine rings is 1. The molecule has 3 aromatic rings. The van der Waals surface area contributed by atoms with E-state index in [-0.39, 0.29) is 5.82 Å². The summed E-state index contributed by atoms with van der Waals surface area (Å²) in [7, 11) is 0. The lowest BCUT2D eigenvalue weighted by Gasteiger charge is -2.39. The Kier molecular flexibility index (Phi) is 6.69. The second-order valence-electron chi connectivity index (χ2n) is 9.47. The largest absolute Gasteiger partial charge is 0.371 e. The third kappa shape index (κ3) is 4.94. The third-order valence-electron chi connectivity index (χ3n) is 7.18. The van der Waals surface area contributed by atoms with Crippen LogP contribution in [0.5, 0.6) is 0 Å². The first-order valence-corrected chi connectivity index (χ1v) is 12.8. The second kappa shape index (κ2) is 9.85. The van der Waals surface area contributed by atoms with E-state index in [0.717, 1.165) is 43.6 Å². The highest BCUT2D eigenvalue weighted by Crippen LogP contribution is 2.43. The van der Waals surface area contributed by atoms with Crippen LogP contribution in [0, 0.1) is 11.7 Å². The average molecular weight is 466 g/mol. The van der Waals surface area contributed by atoms with Crippen molar-refractivity contribution < 1.29 is 4.39 Å². The maximum absolute atomic E-state index is 15.2. The van der Waals surface area contributed by atoms with Crippen LogP contribution in [0.1, 0.15) is 55.5 Å². The summed E-state index contributed by atoms with van der Waals surface area (Å²) < 4.78 is 19.7. The van der Waals surface area contributed by atoms with Crippen LogP contribution in [0.4, 0.5) is 10.1 Å². The van der Waals surface area contributed by atoms with E-state index < -0.39 is 0 Å². The van der Waals surface area contributed by atoms with Crippen LogP contribution < -0.4 is 4.90 Å². The Balaban J connectivity index is 1.24.